The number of pyridine rings is 1. The number of hydrogen-bond donors (Lipinski definition) is 0. The Hall–Kier alpha value is -3.35. The second kappa shape index (κ2) is 6.64. The molecule has 0 spiro atoms. The van der Waals surface area contributed by atoms with Crippen LogP contribution in [-0.4, -0.2) is 24.1 Å². The smallest absolute Gasteiger partial charge is 0.269 e. The monoisotopic (exact) mass is 340 g/mol. The van der Waals surface area contributed by atoms with Crippen molar-refractivity contribution in [3.8, 4) is 23.0 Å². The van der Waals surface area contributed by atoms with Gasteiger partial charge in [0.05, 0.1) is 24.7 Å². The molecule has 0 unspecified atom stereocenters. The Morgan fingerprint density at radius 1 is 0.960 bits per heavy atom. The zero-order valence-electron chi connectivity index (χ0n) is 14.0. The molecule has 0 saturated heterocycles. The lowest BCUT2D eigenvalue weighted by Crippen LogP contribution is -1.95. The van der Waals surface area contributed by atoms with Crippen LogP contribution in [0.4, 0.5) is 5.69 Å². The minimum absolute atomic E-state index is 0.0239. The van der Waals surface area contributed by atoms with Crippen LogP contribution in [0.5, 0.6) is 23.0 Å². The third kappa shape index (κ3) is 3.16. The maximum Gasteiger partial charge on any atom is 0.269 e. The van der Waals surface area contributed by atoms with Crippen LogP contribution in [0.2, 0.25) is 0 Å². The number of benzene rings is 2. The van der Waals surface area contributed by atoms with E-state index in [1.54, 1.807) is 51.6 Å². The van der Waals surface area contributed by atoms with Gasteiger partial charge in [0.15, 0.2) is 11.5 Å². The number of nitro benzene ring substituents is 1. The molecule has 1 aromatic heterocycles. The minimum Gasteiger partial charge on any atom is -0.493 e. The first-order chi connectivity index (χ1) is 12.0. The predicted molar refractivity (Wildman–Crippen MR) is 92.8 cm³/mol. The van der Waals surface area contributed by atoms with Crippen molar-refractivity contribution in [3.63, 3.8) is 0 Å². The van der Waals surface area contributed by atoms with Gasteiger partial charge in [0, 0.05) is 29.8 Å². The molecule has 0 N–H and O–H groups in total. The van der Waals surface area contributed by atoms with Gasteiger partial charge < -0.3 is 14.2 Å². The molecule has 7 heteroatoms. The van der Waals surface area contributed by atoms with E-state index in [9.17, 15) is 10.1 Å². The topological polar surface area (TPSA) is 83.7 Å². The fourth-order valence-corrected chi connectivity index (χ4v) is 2.52. The highest BCUT2D eigenvalue weighted by atomic mass is 16.6. The Balaban J connectivity index is 2.06. The molecule has 0 saturated carbocycles. The number of fused-ring (bicyclic) bond motifs is 1. The number of hydrogen-bond acceptors (Lipinski definition) is 6. The molecule has 0 amide bonds. The maximum atomic E-state index is 10.9. The lowest BCUT2D eigenvalue weighted by atomic mass is 10.1. The molecule has 0 aliphatic heterocycles. The maximum absolute atomic E-state index is 10.9. The van der Waals surface area contributed by atoms with Gasteiger partial charge in [0.25, 0.3) is 5.69 Å². The van der Waals surface area contributed by atoms with Gasteiger partial charge in [-0.1, -0.05) is 0 Å². The van der Waals surface area contributed by atoms with E-state index in [-0.39, 0.29) is 5.69 Å². The van der Waals surface area contributed by atoms with Crippen molar-refractivity contribution >= 4 is 16.6 Å². The third-order valence-electron chi connectivity index (χ3n) is 3.80. The van der Waals surface area contributed by atoms with Gasteiger partial charge in [-0.2, -0.15) is 0 Å². The summed E-state index contributed by atoms with van der Waals surface area (Å²) in [6.45, 7) is 1.76. The summed E-state index contributed by atoms with van der Waals surface area (Å²) in [6, 6.07) is 9.76. The fourth-order valence-electron chi connectivity index (χ4n) is 2.52. The van der Waals surface area contributed by atoms with Crippen molar-refractivity contribution in [2.75, 3.05) is 14.2 Å². The second-order valence-electron chi connectivity index (χ2n) is 5.34. The van der Waals surface area contributed by atoms with Crippen molar-refractivity contribution in [1.82, 2.24) is 4.98 Å². The SMILES string of the molecule is COc1cc2nccc(Oc3ccc([N+](=O)[O-])cc3C)c2cc1OC. The van der Waals surface area contributed by atoms with Gasteiger partial charge in [0.1, 0.15) is 11.5 Å². The Kier molecular flexibility index (Phi) is 4.38. The number of aryl methyl sites for hydroxylation is 1. The van der Waals surface area contributed by atoms with Gasteiger partial charge in [0.2, 0.25) is 0 Å². The van der Waals surface area contributed by atoms with Gasteiger partial charge >= 0.3 is 0 Å². The van der Waals surface area contributed by atoms with Gasteiger partial charge in [-0.15, -0.1) is 0 Å². The summed E-state index contributed by atoms with van der Waals surface area (Å²) in [6.07, 6.45) is 1.63. The Labute approximate surface area is 143 Å². The highest BCUT2D eigenvalue weighted by molar-refractivity contribution is 5.88. The van der Waals surface area contributed by atoms with Crippen LogP contribution in [0, 0.1) is 17.0 Å². The predicted octanol–water partition coefficient (Wildman–Crippen LogP) is 4.26. The van der Waals surface area contributed by atoms with E-state index in [1.165, 1.54) is 12.1 Å². The molecular weight excluding hydrogens is 324 g/mol. The highest BCUT2D eigenvalue weighted by Gasteiger charge is 2.13. The molecule has 0 fully saturated rings. The van der Waals surface area contributed by atoms with E-state index in [0.29, 0.717) is 34.1 Å². The van der Waals surface area contributed by atoms with E-state index in [2.05, 4.69) is 4.98 Å². The Bertz CT molecular complexity index is 956. The van der Waals surface area contributed by atoms with Crippen molar-refractivity contribution < 1.29 is 19.1 Å². The summed E-state index contributed by atoms with van der Waals surface area (Å²) in [5.41, 5.74) is 1.38. The van der Waals surface area contributed by atoms with Crippen LogP contribution >= 0.6 is 0 Å². The molecule has 25 heavy (non-hydrogen) atoms. The lowest BCUT2D eigenvalue weighted by Gasteiger charge is -2.13. The molecule has 1 heterocycles. The molecule has 0 aliphatic rings. The first-order valence-corrected chi connectivity index (χ1v) is 7.47. The number of non-ortho nitro benzene ring substituents is 1. The summed E-state index contributed by atoms with van der Waals surface area (Å²) in [4.78, 5) is 14.7. The first kappa shape index (κ1) is 16.5. The van der Waals surface area contributed by atoms with Crippen LogP contribution in [0.25, 0.3) is 10.9 Å². The molecule has 3 aromatic rings. The minimum atomic E-state index is -0.435. The number of methoxy groups -OCH3 is 2. The molecule has 2 aromatic carbocycles. The van der Waals surface area contributed by atoms with Crippen LogP contribution in [0.15, 0.2) is 42.6 Å². The average molecular weight is 340 g/mol. The molecule has 7 nitrogen and oxygen atoms in total. The molecule has 0 atom stereocenters. The summed E-state index contributed by atoms with van der Waals surface area (Å²) in [5.74, 6) is 2.25. The second-order valence-corrected chi connectivity index (χ2v) is 5.34. The quantitative estimate of drug-likeness (QED) is 0.510. The number of aromatic nitrogens is 1. The fraction of sp³-hybridized carbons (Fsp3) is 0.167. The normalized spacial score (nSPS) is 10.5. The van der Waals surface area contributed by atoms with Crippen molar-refractivity contribution in [1.29, 1.82) is 0 Å². The molecule has 3 rings (SSSR count). The highest BCUT2D eigenvalue weighted by Crippen LogP contribution is 2.37. The van der Waals surface area contributed by atoms with Crippen LogP contribution < -0.4 is 14.2 Å². The summed E-state index contributed by atoms with van der Waals surface area (Å²) < 4.78 is 16.6. The first-order valence-electron chi connectivity index (χ1n) is 7.47. The van der Waals surface area contributed by atoms with Crippen molar-refractivity contribution in [2.24, 2.45) is 0 Å². The average Bonchev–Trinajstić information content (AvgIpc) is 2.62. The van der Waals surface area contributed by atoms with Crippen molar-refractivity contribution in [3.05, 3.63) is 58.3 Å². The number of nitro groups is 1. The standard InChI is InChI=1S/C18H16N2O5/c1-11-8-12(20(21)22)4-5-15(11)25-16-6-7-19-14-10-18(24-3)17(23-2)9-13(14)16/h4-10H,1-3H3. The molecule has 0 bridgehead atoms. The number of ether oxygens (including phenoxy) is 3. The largest absolute Gasteiger partial charge is 0.493 e. The van der Waals surface area contributed by atoms with E-state index >= 15 is 0 Å². The Morgan fingerprint density at radius 3 is 2.32 bits per heavy atom. The third-order valence-corrected chi connectivity index (χ3v) is 3.80. The van der Waals surface area contributed by atoms with Gasteiger partial charge in [-0.05, 0) is 30.7 Å². The van der Waals surface area contributed by atoms with Gasteiger partial charge in [-0.3, -0.25) is 15.1 Å². The van der Waals surface area contributed by atoms with Crippen LogP contribution in [0.3, 0.4) is 0 Å². The number of nitrogens with zero attached hydrogens (tertiary/aromatic N) is 2. The van der Waals surface area contributed by atoms with E-state index in [0.717, 1.165) is 5.39 Å². The van der Waals surface area contributed by atoms with Gasteiger partial charge in [-0.25, -0.2) is 0 Å². The van der Waals surface area contributed by atoms with E-state index in [4.69, 9.17) is 14.2 Å². The summed E-state index contributed by atoms with van der Waals surface area (Å²) in [7, 11) is 3.12. The molecule has 0 aliphatic carbocycles. The van der Waals surface area contributed by atoms with Crippen molar-refractivity contribution in [2.45, 2.75) is 6.92 Å². The molecule has 0 radical (unpaired) electrons. The zero-order chi connectivity index (χ0) is 18.0. The van der Waals surface area contributed by atoms with E-state index < -0.39 is 4.92 Å². The number of rotatable bonds is 5. The Morgan fingerprint density at radius 2 is 1.68 bits per heavy atom. The molecular formula is C18H16N2O5. The van der Waals surface area contributed by atoms with E-state index in [1.807, 2.05) is 0 Å². The molecule has 128 valence electrons. The zero-order valence-corrected chi connectivity index (χ0v) is 14.0. The lowest BCUT2D eigenvalue weighted by molar-refractivity contribution is -0.384. The summed E-state index contributed by atoms with van der Waals surface area (Å²) in [5, 5.41) is 11.6. The van der Waals surface area contributed by atoms with Crippen LogP contribution in [0.1, 0.15) is 5.56 Å². The summed E-state index contributed by atoms with van der Waals surface area (Å²) >= 11 is 0. The van der Waals surface area contributed by atoms with Crippen LogP contribution in [-0.2, 0) is 0 Å².